The average molecular weight is 537 g/mol. The van der Waals surface area contributed by atoms with Gasteiger partial charge in [0.05, 0.1) is 32.9 Å². The highest BCUT2D eigenvalue weighted by Gasteiger charge is 2.25. The van der Waals surface area contributed by atoms with Crippen LogP contribution in [0.25, 0.3) is 0 Å². The molecule has 0 atom stereocenters. The molecule has 1 heterocycles. The second-order valence-electron chi connectivity index (χ2n) is 8.13. The summed E-state index contributed by atoms with van der Waals surface area (Å²) in [7, 11) is -6.38. The number of anilines is 3. The van der Waals surface area contributed by atoms with E-state index in [-0.39, 0.29) is 21.0 Å². The van der Waals surface area contributed by atoms with E-state index in [1.54, 1.807) is 42.5 Å². The smallest absolute Gasteiger partial charge is 0.264 e. The monoisotopic (exact) mass is 536 g/mol. The van der Waals surface area contributed by atoms with Crippen LogP contribution >= 0.6 is 0 Å². The number of rotatable bonds is 8. The SMILES string of the molecule is Cc1ccc(S(=O)(=O)N(C)c2ccccc2C(=O)Nc2ccc(S(=O)(=O)Nc3cccnc3)cc2)cc1. The summed E-state index contributed by atoms with van der Waals surface area (Å²) in [6.07, 6.45) is 2.92. The van der Waals surface area contributed by atoms with E-state index in [4.69, 9.17) is 0 Å². The minimum absolute atomic E-state index is 0.00123. The molecule has 3 aromatic carbocycles. The lowest BCUT2D eigenvalue weighted by Gasteiger charge is -2.22. The number of carbonyl (C=O) groups is 1. The quantitative estimate of drug-likeness (QED) is 0.346. The number of benzene rings is 3. The van der Waals surface area contributed by atoms with Crippen LogP contribution in [0.3, 0.4) is 0 Å². The van der Waals surface area contributed by atoms with E-state index in [9.17, 15) is 21.6 Å². The van der Waals surface area contributed by atoms with Crippen LogP contribution in [-0.2, 0) is 20.0 Å². The predicted octanol–water partition coefficient (Wildman–Crippen LogP) is 4.27. The Labute approximate surface area is 215 Å². The number of carbonyl (C=O) groups excluding carboxylic acids is 1. The number of aromatic nitrogens is 1. The van der Waals surface area contributed by atoms with Crippen LogP contribution < -0.4 is 14.3 Å². The van der Waals surface area contributed by atoms with Gasteiger partial charge in [-0.2, -0.15) is 0 Å². The summed E-state index contributed by atoms with van der Waals surface area (Å²) in [5.74, 6) is -0.550. The number of nitrogens with one attached hydrogen (secondary N) is 2. The molecule has 9 nitrogen and oxygen atoms in total. The number of hydrogen-bond acceptors (Lipinski definition) is 6. The van der Waals surface area contributed by atoms with Gasteiger partial charge in [-0.15, -0.1) is 0 Å². The number of para-hydroxylation sites is 1. The molecule has 1 aromatic heterocycles. The number of amides is 1. The Morgan fingerprint density at radius 2 is 1.43 bits per heavy atom. The lowest BCUT2D eigenvalue weighted by atomic mass is 10.1. The minimum atomic E-state index is -3.91. The first kappa shape index (κ1) is 25.9. The summed E-state index contributed by atoms with van der Waals surface area (Å²) in [6, 6.07) is 21.6. The van der Waals surface area contributed by atoms with Gasteiger partial charge in [-0.3, -0.25) is 18.8 Å². The van der Waals surface area contributed by atoms with Gasteiger partial charge in [0.2, 0.25) is 0 Å². The maximum absolute atomic E-state index is 13.2. The number of nitrogens with zero attached hydrogens (tertiary/aromatic N) is 2. The highest BCUT2D eigenvalue weighted by Crippen LogP contribution is 2.27. The molecule has 190 valence electrons. The Balaban J connectivity index is 1.54. The molecule has 2 N–H and O–H groups in total. The highest BCUT2D eigenvalue weighted by atomic mass is 32.2. The van der Waals surface area contributed by atoms with E-state index in [1.807, 2.05) is 6.92 Å². The topological polar surface area (TPSA) is 126 Å². The lowest BCUT2D eigenvalue weighted by molar-refractivity contribution is 0.102. The number of hydrogen-bond donors (Lipinski definition) is 2. The molecule has 4 rings (SSSR count). The van der Waals surface area contributed by atoms with E-state index in [1.165, 1.54) is 61.9 Å². The molecule has 11 heteroatoms. The standard InChI is InChI=1S/C26H24N4O5S2/c1-19-9-13-23(14-10-19)37(34,35)30(2)25-8-4-3-7-24(25)26(31)28-20-11-15-22(16-12-20)36(32,33)29-21-6-5-17-27-18-21/h3-18,29H,1-2H3,(H,28,31). The van der Waals surface area contributed by atoms with Crippen LogP contribution in [0.5, 0.6) is 0 Å². The third-order valence-corrected chi connectivity index (χ3v) is 8.69. The van der Waals surface area contributed by atoms with E-state index < -0.39 is 26.0 Å². The third-order valence-electron chi connectivity index (χ3n) is 5.50. The maximum atomic E-state index is 13.2. The summed E-state index contributed by atoms with van der Waals surface area (Å²) >= 11 is 0. The van der Waals surface area contributed by atoms with Crippen molar-refractivity contribution in [3.8, 4) is 0 Å². The fourth-order valence-corrected chi connectivity index (χ4v) is 5.75. The lowest BCUT2D eigenvalue weighted by Crippen LogP contribution is -2.29. The van der Waals surface area contributed by atoms with Crippen molar-refractivity contribution in [2.24, 2.45) is 0 Å². The fourth-order valence-electron chi connectivity index (χ4n) is 3.49. The van der Waals surface area contributed by atoms with Gasteiger partial charge in [0.1, 0.15) is 0 Å². The van der Waals surface area contributed by atoms with E-state index >= 15 is 0 Å². The number of pyridine rings is 1. The van der Waals surface area contributed by atoms with Crippen LogP contribution in [0.4, 0.5) is 17.1 Å². The van der Waals surface area contributed by atoms with Crippen molar-refractivity contribution < 1.29 is 21.6 Å². The molecule has 0 aliphatic heterocycles. The molecule has 0 spiro atoms. The molecule has 0 saturated heterocycles. The Hall–Kier alpha value is -4.22. The Morgan fingerprint density at radius 3 is 2.08 bits per heavy atom. The van der Waals surface area contributed by atoms with Crippen LogP contribution in [0, 0.1) is 6.92 Å². The molecule has 0 aliphatic carbocycles. The zero-order chi connectivity index (χ0) is 26.6. The molecule has 37 heavy (non-hydrogen) atoms. The van der Waals surface area contributed by atoms with Crippen LogP contribution in [0.15, 0.2) is 107 Å². The summed E-state index contributed by atoms with van der Waals surface area (Å²) in [6.45, 7) is 1.86. The molecular weight excluding hydrogens is 512 g/mol. The molecule has 0 aliphatic rings. The molecule has 0 bridgehead atoms. The minimum Gasteiger partial charge on any atom is -0.322 e. The van der Waals surface area contributed by atoms with Gasteiger partial charge < -0.3 is 5.32 Å². The molecule has 1 amide bonds. The Bertz CT molecular complexity index is 1620. The van der Waals surface area contributed by atoms with E-state index in [0.29, 0.717) is 11.4 Å². The Morgan fingerprint density at radius 1 is 0.784 bits per heavy atom. The Kier molecular flexibility index (Phi) is 7.28. The molecule has 0 fully saturated rings. The van der Waals surface area contributed by atoms with Crippen LogP contribution in [0.1, 0.15) is 15.9 Å². The normalized spacial score (nSPS) is 11.5. The van der Waals surface area contributed by atoms with Gasteiger partial charge in [0, 0.05) is 18.9 Å². The van der Waals surface area contributed by atoms with Gasteiger partial charge in [-0.05, 0) is 67.6 Å². The largest absolute Gasteiger partial charge is 0.322 e. The molecule has 4 aromatic rings. The van der Waals surface area contributed by atoms with Gasteiger partial charge >= 0.3 is 0 Å². The first-order valence-corrected chi connectivity index (χ1v) is 14.0. The molecular formula is C26H24N4O5S2. The summed E-state index contributed by atoms with van der Waals surface area (Å²) in [5, 5.41) is 2.69. The van der Waals surface area contributed by atoms with Crippen molar-refractivity contribution in [1.82, 2.24) is 4.98 Å². The van der Waals surface area contributed by atoms with Gasteiger partial charge in [0.15, 0.2) is 0 Å². The maximum Gasteiger partial charge on any atom is 0.264 e. The van der Waals surface area contributed by atoms with Crippen LogP contribution in [0.2, 0.25) is 0 Å². The third kappa shape index (κ3) is 5.79. The van der Waals surface area contributed by atoms with Crippen molar-refractivity contribution in [2.75, 3.05) is 21.4 Å². The second kappa shape index (κ2) is 10.4. The zero-order valence-corrected chi connectivity index (χ0v) is 21.6. The first-order chi connectivity index (χ1) is 17.6. The second-order valence-corrected chi connectivity index (χ2v) is 11.8. The first-order valence-electron chi connectivity index (χ1n) is 11.1. The summed E-state index contributed by atoms with van der Waals surface area (Å²) < 4.78 is 55.1. The van der Waals surface area contributed by atoms with E-state index in [2.05, 4.69) is 15.0 Å². The van der Waals surface area contributed by atoms with Gasteiger partial charge in [-0.25, -0.2) is 16.8 Å². The fraction of sp³-hybridized carbons (Fsp3) is 0.0769. The van der Waals surface area contributed by atoms with Crippen molar-refractivity contribution in [3.05, 3.63) is 108 Å². The highest BCUT2D eigenvalue weighted by molar-refractivity contribution is 7.93. The number of aryl methyl sites for hydroxylation is 1. The molecule has 0 saturated carbocycles. The predicted molar refractivity (Wildman–Crippen MR) is 143 cm³/mol. The van der Waals surface area contributed by atoms with Crippen molar-refractivity contribution in [3.63, 3.8) is 0 Å². The number of sulfonamides is 2. The van der Waals surface area contributed by atoms with Crippen LogP contribution in [-0.4, -0.2) is 34.8 Å². The van der Waals surface area contributed by atoms with Crippen molar-refractivity contribution >= 4 is 43.0 Å². The van der Waals surface area contributed by atoms with Gasteiger partial charge in [0.25, 0.3) is 26.0 Å². The summed E-state index contributed by atoms with van der Waals surface area (Å²) in [5.41, 5.74) is 1.91. The molecule has 0 unspecified atom stereocenters. The van der Waals surface area contributed by atoms with Gasteiger partial charge in [-0.1, -0.05) is 29.8 Å². The van der Waals surface area contributed by atoms with Crippen molar-refractivity contribution in [1.29, 1.82) is 0 Å². The molecule has 0 radical (unpaired) electrons. The zero-order valence-electron chi connectivity index (χ0n) is 20.0. The van der Waals surface area contributed by atoms with Crippen molar-refractivity contribution in [2.45, 2.75) is 16.7 Å². The van der Waals surface area contributed by atoms with E-state index in [0.717, 1.165) is 9.87 Å². The average Bonchev–Trinajstić information content (AvgIpc) is 2.89. The summed E-state index contributed by atoms with van der Waals surface area (Å²) in [4.78, 5) is 17.1.